The maximum absolute atomic E-state index is 9.59. The highest BCUT2D eigenvalue weighted by molar-refractivity contribution is 5.36. The van der Waals surface area contributed by atoms with Crippen LogP contribution in [0.3, 0.4) is 0 Å². The summed E-state index contributed by atoms with van der Waals surface area (Å²) in [7, 11) is 0. The van der Waals surface area contributed by atoms with E-state index in [1.54, 1.807) is 18.2 Å². The van der Waals surface area contributed by atoms with Gasteiger partial charge in [0.25, 0.3) is 0 Å². The first-order valence-electron chi connectivity index (χ1n) is 6.88. The maximum atomic E-state index is 9.59. The number of hydrogen-bond acceptors (Lipinski definition) is 2. The van der Waals surface area contributed by atoms with E-state index >= 15 is 0 Å². The number of hydrogen-bond donors (Lipinski definition) is 1. The standard InChI is InChI=1S/C19H16O2/c20-17-12-7-13-18(14-17)21-19(15-8-3-1-4-9-15)16-10-5-2-6-11-16/h1-14,19-20H. The van der Waals surface area contributed by atoms with E-state index in [9.17, 15) is 5.11 Å². The van der Waals surface area contributed by atoms with E-state index in [1.165, 1.54) is 0 Å². The van der Waals surface area contributed by atoms with Gasteiger partial charge in [0, 0.05) is 6.07 Å². The first-order valence-corrected chi connectivity index (χ1v) is 6.88. The van der Waals surface area contributed by atoms with Crippen molar-refractivity contribution >= 4 is 0 Å². The minimum absolute atomic E-state index is 0.200. The molecule has 2 heteroatoms. The van der Waals surface area contributed by atoms with Crippen molar-refractivity contribution in [1.82, 2.24) is 0 Å². The van der Waals surface area contributed by atoms with Crippen LogP contribution in [0.15, 0.2) is 84.9 Å². The zero-order chi connectivity index (χ0) is 14.5. The van der Waals surface area contributed by atoms with Crippen molar-refractivity contribution in [2.75, 3.05) is 0 Å². The maximum Gasteiger partial charge on any atom is 0.149 e. The van der Waals surface area contributed by atoms with E-state index in [2.05, 4.69) is 0 Å². The Labute approximate surface area is 124 Å². The number of rotatable bonds is 4. The molecule has 0 bridgehead atoms. The number of phenolic OH excluding ortho intramolecular Hbond substituents is 1. The fourth-order valence-corrected chi connectivity index (χ4v) is 2.28. The molecular formula is C19H16O2. The van der Waals surface area contributed by atoms with Crippen molar-refractivity contribution in [3.8, 4) is 11.5 Å². The van der Waals surface area contributed by atoms with E-state index in [0.29, 0.717) is 5.75 Å². The zero-order valence-electron chi connectivity index (χ0n) is 11.5. The Hall–Kier alpha value is -2.74. The van der Waals surface area contributed by atoms with E-state index in [4.69, 9.17) is 4.74 Å². The molecule has 0 aromatic heterocycles. The lowest BCUT2D eigenvalue weighted by molar-refractivity contribution is 0.246. The Balaban J connectivity index is 1.97. The monoisotopic (exact) mass is 276 g/mol. The Morgan fingerprint density at radius 2 is 1.24 bits per heavy atom. The van der Waals surface area contributed by atoms with Crippen LogP contribution in [0.4, 0.5) is 0 Å². The molecule has 104 valence electrons. The average Bonchev–Trinajstić information content (AvgIpc) is 2.54. The van der Waals surface area contributed by atoms with E-state index in [-0.39, 0.29) is 11.9 Å². The summed E-state index contributed by atoms with van der Waals surface area (Å²) in [5, 5.41) is 9.59. The number of ether oxygens (including phenoxy) is 1. The molecule has 0 aliphatic heterocycles. The molecule has 0 spiro atoms. The summed E-state index contributed by atoms with van der Waals surface area (Å²) in [6.07, 6.45) is -0.200. The highest BCUT2D eigenvalue weighted by Gasteiger charge is 2.15. The molecule has 1 N–H and O–H groups in total. The third-order valence-corrected chi connectivity index (χ3v) is 3.28. The van der Waals surface area contributed by atoms with Gasteiger partial charge in [-0.05, 0) is 23.3 Å². The average molecular weight is 276 g/mol. The minimum atomic E-state index is -0.200. The van der Waals surface area contributed by atoms with Crippen LogP contribution in [-0.4, -0.2) is 5.11 Å². The molecule has 0 fully saturated rings. The topological polar surface area (TPSA) is 29.5 Å². The highest BCUT2D eigenvalue weighted by Crippen LogP contribution is 2.29. The first-order chi connectivity index (χ1) is 10.3. The predicted octanol–water partition coefficient (Wildman–Crippen LogP) is 4.56. The normalized spacial score (nSPS) is 10.5. The molecule has 21 heavy (non-hydrogen) atoms. The second kappa shape index (κ2) is 6.14. The fraction of sp³-hybridized carbons (Fsp3) is 0.0526. The molecule has 0 unspecified atom stereocenters. The van der Waals surface area contributed by atoms with Gasteiger partial charge in [-0.3, -0.25) is 0 Å². The lowest BCUT2D eigenvalue weighted by atomic mass is 10.0. The van der Waals surface area contributed by atoms with Gasteiger partial charge in [-0.1, -0.05) is 66.7 Å². The number of phenols is 1. The van der Waals surface area contributed by atoms with E-state index < -0.39 is 0 Å². The summed E-state index contributed by atoms with van der Waals surface area (Å²) >= 11 is 0. The largest absolute Gasteiger partial charge is 0.508 e. The van der Waals surface area contributed by atoms with Crippen LogP contribution < -0.4 is 4.74 Å². The summed E-state index contributed by atoms with van der Waals surface area (Å²) in [4.78, 5) is 0. The lowest BCUT2D eigenvalue weighted by Gasteiger charge is -2.20. The van der Waals surface area contributed by atoms with Crippen molar-refractivity contribution in [2.24, 2.45) is 0 Å². The second-order valence-corrected chi connectivity index (χ2v) is 4.82. The predicted molar refractivity (Wildman–Crippen MR) is 83.5 cm³/mol. The third kappa shape index (κ3) is 3.23. The quantitative estimate of drug-likeness (QED) is 0.757. The molecule has 0 radical (unpaired) electrons. The molecule has 0 saturated carbocycles. The summed E-state index contributed by atoms with van der Waals surface area (Å²) in [6, 6.07) is 27.0. The zero-order valence-corrected chi connectivity index (χ0v) is 11.5. The summed E-state index contributed by atoms with van der Waals surface area (Å²) in [5.74, 6) is 0.847. The van der Waals surface area contributed by atoms with Gasteiger partial charge in [-0.25, -0.2) is 0 Å². The van der Waals surface area contributed by atoms with Gasteiger partial charge >= 0.3 is 0 Å². The number of benzene rings is 3. The van der Waals surface area contributed by atoms with Crippen LogP contribution in [0.1, 0.15) is 17.2 Å². The minimum Gasteiger partial charge on any atom is -0.508 e. The Morgan fingerprint density at radius 3 is 1.76 bits per heavy atom. The molecule has 0 saturated heterocycles. The smallest absolute Gasteiger partial charge is 0.149 e. The second-order valence-electron chi connectivity index (χ2n) is 4.82. The SMILES string of the molecule is Oc1cccc(OC(c2ccccc2)c2ccccc2)c1. The molecule has 3 aromatic carbocycles. The highest BCUT2D eigenvalue weighted by atomic mass is 16.5. The lowest BCUT2D eigenvalue weighted by Crippen LogP contribution is -2.09. The molecule has 0 aliphatic rings. The summed E-state index contributed by atoms with van der Waals surface area (Å²) in [5.41, 5.74) is 2.15. The van der Waals surface area contributed by atoms with Crippen LogP contribution in [0.2, 0.25) is 0 Å². The number of aromatic hydroxyl groups is 1. The Kier molecular flexibility index (Phi) is 3.88. The van der Waals surface area contributed by atoms with Gasteiger partial charge in [0.1, 0.15) is 17.6 Å². The van der Waals surface area contributed by atoms with Crippen molar-refractivity contribution in [2.45, 2.75) is 6.10 Å². The van der Waals surface area contributed by atoms with Crippen molar-refractivity contribution < 1.29 is 9.84 Å². The van der Waals surface area contributed by atoms with Crippen molar-refractivity contribution in [1.29, 1.82) is 0 Å². The van der Waals surface area contributed by atoms with E-state index in [1.807, 2.05) is 66.7 Å². The van der Waals surface area contributed by atoms with Gasteiger partial charge in [-0.2, -0.15) is 0 Å². The van der Waals surface area contributed by atoms with Crippen LogP contribution in [0, 0.1) is 0 Å². The van der Waals surface area contributed by atoms with Gasteiger partial charge in [0.15, 0.2) is 0 Å². The van der Waals surface area contributed by atoms with Gasteiger partial charge in [0.2, 0.25) is 0 Å². The van der Waals surface area contributed by atoms with Crippen LogP contribution >= 0.6 is 0 Å². The van der Waals surface area contributed by atoms with Gasteiger partial charge < -0.3 is 9.84 Å². The Bertz CT molecular complexity index is 654. The summed E-state index contributed by atoms with van der Waals surface area (Å²) < 4.78 is 6.11. The van der Waals surface area contributed by atoms with Gasteiger partial charge in [0.05, 0.1) is 0 Å². The van der Waals surface area contributed by atoms with Crippen molar-refractivity contribution in [3.63, 3.8) is 0 Å². The van der Waals surface area contributed by atoms with E-state index in [0.717, 1.165) is 11.1 Å². The van der Waals surface area contributed by atoms with Crippen LogP contribution in [0.25, 0.3) is 0 Å². The fourth-order valence-electron chi connectivity index (χ4n) is 2.28. The molecule has 0 amide bonds. The summed E-state index contributed by atoms with van der Waals surface area (Å²) in [6.45, 7) is 0. The van der Waals surface area contributed by atoms with Crippen LogP contribution in [0.5, 0.6) is 11.5 Å². The van der Waals surface area contributed by atoms with Gasteiger partial charge in [-0.15, -0.1) is 0 Å². The molecular weight excluding hydrogens is 260 g/mol. The molecule has 0 atom stereocenters. The first kappa shape index (κ1) is 13.3. The third-order valence-electron chi connectivity index (χ3n) is 3.28. The molecule has 3 aromatic rings. The van der Waals surface area contributed by atoms with Crippen LogP contribution in [-0.2, 0) is 0 Å². The molecule has 3 rings (SSSR count). The molecule has 2 nitrogen and oxygen atoms in total. The molecule has 0 aliphatic carbocycles. The molecule has 0 heterocycles. The Morgan fingerprint density at radius 1 is 0.667 bits per heavy atom. The van der Waals surface area contributed by atoms with Crippen molar-refractivity contribution in [3.05, 3.63) is 96.1 Å².